The molecule has 5 aromatic carbocycles. The molecule has 1 aliphatic carbocycles. The minimum atomic E-state index is -0.583. The summed E-state index contributed by atoms with van der Waals surface area (Å²) in [6, 6.07) is 46.1. The van der Waals surface area contributed by atoms with E-state index in [9.17, 15) is 0 Å². The highest BCUT2D eigenvalue weighted by Gasteiger charge is 2.47. The van der Waals surface area contributed by atoms with E-state index in [0.717, 1.165) is 34.0 Å². The van der Waals surface area contributed by atoms with Crippen LogP contribution in [0, 0.1) is 13.8 Å². The molecule has 45 heavy (non-hydrogen) atoms. The van der Waals surface area contributed by atoms with Crippen molar-refractivity contribution >= 4 is 0 Å². The fourth-order valence-corrected chi connectivity index (χ4v) is 6.90. The summed E-state index contributed by atoms with van der Waals surface area (Å²) in [5, 5.41) is 8.94. The SMILES string of the molecule is Cc1cccc(C)c1-c1cn(-c2cccc(Oc3cccc(C4(c5ccccn5)c5ccccc5-c5ccccc54)c3)c2)nn1. The van der Waals surface area contributed by atoms with Crippen molar-refractivity contribution in [1.82, 2.24) is 20.0 Å². The molecule has 0 bridgehead atoms. The predicted octanol–water partition coefficient (Wildman–Crippen LogP) is 9.10. The summed E-state index contributed by atoms with van der Waals surface area (Å²) in [6.45, 7) is 4.20. The molecule has 0 fully saturated rings. The summed E-state index contributed by atoms with van der Waals surface area (Å²) in [6.07, 6.45) is 3.85. The van der Waals surface area contributed by atoms with Crippen molar-refractivity contribution in [3.8, 4) is 39.6 Å². The zero-order valence-corrected chi connectivity index (χ0v) is 25.1. The largest absolute Gasteiger partial charge is 0.457 e. The van der Waals surface area contributed by atoms with Gasteiger partial charge in [0.05, 0.1) is 23.0 Å². The van der Waals surface area contributed by atoms with Crippen LogP contribution in [0.3, 0.4) is 0 Å². The van der Waals surface area contributed by atoms with Crippen LogP contribution in [-0.2, 0) is 5.41 Å². The van der Waals surface area contributed by atoms with Crippen LogP contribution in [0.2, 0.25) is 0 Å². The second kappa shape index (κ2) is 10.7. The van der Waals surface area contributed by atoms with Crippen molar-refractivity contribution in [1.29, 1.82) is 0 Å². The van der Waals surface area contributed by atoms with E-state index in [1.165, 1.54) is 33.4 Å². The van der Waals surface area contributed by atoms with Gasteiger partial charge in [0, 0.05) is 17.8 Å². The number of nitrogens with zero attached hydrogens (tertiary/aromatic N) is 4. The molecule has 2 aromatic heterocycles. The van der Waals surface area contributed by atoms with E-state index in [2.05, 4.69) is 121 Å². The zero-order chi connectivity index (χ0) is 30.4. The summed E-state index contributed by atoms with van der Waals surface area (Å²) in [7, 11) is 0. The molecule has 8 rings (SSSR count). The van der Waals surface area contributed by atoms with E-state index in [1.807, 2.05) is 48.8 Å². The second-order valence-corrected chi connectivity index (χ2v) is 11.5. The first-order chi connectivity index (χ1) is 22.1. The van der Waals surface area contributed by atoms with Crippen LogP contribution in [0.4, 0.5) is 0 Å². The average Bonchev–Trinajstić information content (AvgIpc) is 3.68. The van der Waals surface area contributed by atoms with Crippen LogP contribution in [-0.4, -0.2) is 20.0 Å². The Morgan fingerprint density at radius 3 is 1.98 bits per heavy atom. The van der Waals surface area contributed by atoms with E-state index in [-0.39, 0.29) is 0 Å². The topological polar surface area (TPSA) is 52.8 Å². The number of hydrogen-bond donors (Lipinski definition) is 0. The van der Waals surface area contributed by atoms with Crippen molar-refractivity contribution in [3.05, 3.63) is 179 Å². The van der Waals surface area contributed by atoms with Gasteiger partial charge in [-0.1, -0.05) is 96.2 Å². The Bertz CT molecular complexity index is 2120. The lowest BCUT2D eigenvalue weighted by Crippen LogP contribution is -2.29. The molecule has 2 heterocycles. The number of aryl methyl sites for hydroxylation is 2. The van der Waals surface area contributed by atoms with E-state index in [0.29, 0.717) is 5.75 Å². The van der Waals surface area contributed by atoms with Crippen molar-refractivity contribution in [2.75, 3.05) is 0 Å². The third kappa shape index (κ3) is 4.35. The van der Waals surface area contributed by atoms with E-state index in [4.69, 9.17) is 9.72 Å². The summed E-state index contributed by atoms with van der Waals surface area (Å²) in [4.78, 5) is 4.94. The van der Waals surface area contributed by atoms with Gasteiger partial charge in [-0.25, -0.2) is 4.68 Å². The Morgan fingerprint density at radius 1 is 0.622 bits per heavy atom. The molecule has 0 saturated carbocycles. The molecule has 0 unspecified atom stereocenters. The Morgan fingerprint density at radius 2 is 1.27 bits per heavy atom. The van der Waals surface area contributed by atoms with Gasteiger partial charge in [0.1, 0.15) is 17.2 Å². The molecule has 5 nitrogen and oxygen atoms in total. The molecule has 7 aromatic rings. The molecule has 0 N–H and O–H groups in total. The quantitative estimate of drug-likeness (QED) is 0.196. The molecule has 1 aliphatic rings. The van der Waals surface area contributed by atoms with E-state index < -0.39 is 5.41 Å². The summed E-state index contributed by atoms with van der Waals surface area (Å²) in [5.74, 6) is 1.46. The number of rotatable bonds is 6. The number of fused-ring (bicyclic) bond motifs is 3. The van der Waals surface area contributed by atoms with Crippen LogP contribution < -0.4 is 4.74 Å². The maximum absolute atomic E-state index is 6.55. The van der Waals surface area contributed by atoms with Crippen molar-refractivity contribution in [3.63, 3.8) is 0 Å². The molecule has 0 aliphatic heterocycles. The molecule has 216 valence electrons. The van der Waals surface area contributed by atoms with E-state index in [1.54, 1.807) is 4.68 Å². The van der Waals surface area contributed by atoms with Gasteiger partial charge in [-0.05, 0) is 89.2 Å². The van der Waals surface area contributed by atoms with Gasteiger partial charge in [-0.3, -0.25) is 4.98 Å². The lowest BCUT2D eigenvalue weighted by molar-refractivity contribution is 0.480. The van der Waals surface area contributed by atoms with E-state index >= 15 is 0 Å². The maximum Gasteiger partial charge on any atom is 0.129 e. The zero-order valence-electron chi connectivity index (χ0n) is 25.1. The van der Waals surface area contributed by atoms with Crippen molar-refractivity contribution in [2.24, 2.45) is 0 Å². The summed E-state index contributed by atoms with van der Waals surface area (Å²) >= 11 is 0. The van der Waals surface area contributed by atoms with Gasteiger partial charge in [0.15, 0.2) is 0 Å². The van der Waals surface area contributed by atoms with Crippen LogP contribution >= 0.6 is 0 Å². The lowest BCUT2D eigenvalue weighted by Gasteiger charge is -2.32. The normalized spacial score (nSPS) is 12.8. The number of aromatic nitrogens is 4. The van der Waals surface area contributed by atoms with Gasteiger partial charge >= 0.3 is 0 Å². The fraction of sp³-hybridized carbons (Fsp3) is 0.0750. The standard InChI is InChI=1S/C40H30N4O/c1-27-12-9-13-28(2)39(27)37-26-44(43-42-37)30-15-11-17-32(25-30)45-31-16-10-14-29(24-31)40(38-22-7-8-23-41-38)35-20-5-3-18-33(35)34-19-4-6-21-36(34)40/h3-26H,1-2H3. The third-order valence-corrected chi connectivity index (χ3v) is 8.82. The first-order valence-corrected chi connectivity index (χ1v) is 15.1. The molecule has 0 atom stereocenters. The summed E-state index contributed by atoms with van der Waals surface area (Å²) in [5.41, 5.74) is 11.6. The van der Waals surface area contributed by atoms with Crippen molar-refractivity contribution < 1.29 is 4.74 Å². The molecular weight excluding hydrogens is 552 g/mol. The molecule has 5 heteroatoms. The Balaban J connectivity index is 1.19. The van der Waals surface area contributed by atoms with Crippen LogP contribution in [0.1, 0.15) is 33.5 Å². The minimum Gasteiger partial charge on any atom is -0.457 e. The van der Waals surface area contributed by atoms with Crippen LogP contribution in [0.25, 0.3) is 28.1 Å². The third-order valence-electron chi connectivity index (χ3n) is 8.82. The predicted molar refractivity (Wildman–Crippen MR) is 178 cm³/mol. The molecule has 0 radical (unpaired) electrons. The Hall–Kier alpha value is -5.81. The first kappa shape index (κ1) is 26.8. The fourth-order valence-electron chi connectivity index (χ4n) is 6.90. The number of benzene rings is 5. The lowest BCUT2D eigenvalue weighted by atomic mass is 9.70. The van der Waals surface area contributed by atoms with Gasteiger partial charge in [0.25, 0.3) is 0 Å². The minimum absolute atomic E-state index is 0.583. The van der Waals surface area contributed by atoms with Crippen LogP contribution in [0.5, 0.6) is 11.5 Å². The first-order valence-electron chi connectivity index (χ1n) is 15.1. The van der Waals surface area contributed by atoms with Crippen molar-refractivity contribution in [2.45, 2.75) is 19.3 Å². The summed E-state index contributed by atoms with van der Waals surface area (Å²) < 4.78 is 8.34. The van der Waals surface area contributed by atoms with Gasteiger partial charge in [0.2, 0.25) is 0 Å². The monoisotopic (exact) mass is 582 g/mol. The smallest absolute Gasteiger partial charge is 0.129 e. The average molecular weight is 583 g/mol. The highest BCUT2D eigenvalue weighted by Crippen LogP contribution is 2.55. The molecule has 0 spiro atoms. The second-order valence-electron chi connectivity index (χ2n) is 11.5. The van der Waals surface area contributed by atoms with Crippen LogP contribution in [0.15, 0.2) is 146 Å². The van der Waals surface area contributed by atoms with Gasteiger partial charge in [-0.15, -0.1) is 5.10 Å². The number of hydrogen-bond acceptors (Lipinski definition) is 4. The molecular formula is C40H30N4O. The Labute approximate surface area is 262 Å². The Kier molecular flexibility index (Phi) is 6.38. The maximum atomic E-state index is 6.55. The molecule has 0 amide bonds. The number of ether oxygens (including phenoxy) is 1. The highest BCUT2D eigenvalue weighted by atomic mass is 16.5. The molecule has 0 saturated heterocycles. The van der Waals surface area contributed by atoms with Gasteiger partial charge < -0.3 is 4.74 Å². The number of pyridine rings is 1. The highest BCUT2D eigenvalue weighted by molar-refractivity contribution is 5.85. The van der Waals surface area contributed by atoms with Gasteiger partial charge in [-0.2, -0.15) is 0 Å².